The molecule has 0 aromatic heterocycles. The molecule has 0 saturated carbocycles. The fourth-order valence-electron chi connectivity index (χ4n) is 0.820. The van der Waals surface area contributed by atoms with Gasteiger partial charge in [-0.3, -0.25) is 0 Å². The first-order valence-electron chi connectivity index (χ1n) is 5.50. The van der Waals surface area contributed by atoms with Crippen molar-refractivity contribution in [2.24, 2.45) is 0 Å². The van der Waals surface area contributed by atoms with Crippen molar-refractivity contribution in [3.8, 4) is 0 Å². The third-order valence-electron chi connectivity index (χ3n) is 1.73. The first kappa shape index (κ1) is 13.3. The summed E-state index contributed by atoms with van der Waals surface area (Å²) in [6.07, 6.45) is 8.04. The molecule has 0 N–H and O–H groups in total. The average Bonchev–Trinajstić information content (AvgIpc) is 2.21. The van der Waals surface area contributed by atoms with Gasteiger partial charge in [-0.1, -0.05) is 32.4 Å². The number of rotatable bonds is 9. The van der Waals surface area contributed by atoms with Gasteiger partial charge in [0.1, 0.15) is 6.26 Å². The molecule has 2 nitrogen and oxygen atoms in total. The van der Waals surface area contributed by atoms with E-state index in [2.05, 4.69) is 19.6 Å². The number of hydrogen-bond donors (Lipinski definition) is 0. The Hall–Kier alpha value is -0.720. The number of ether oxygens (including phenoxy) is 2. The summed E-state index contributed by atoms with van der Waals surface area (Å²) in [5, 5.41) is 0. The molecule has 0 unspecified atom stereocenters. The minimum Gasteiger partial charge on any atom is -0.493 e. The largest absolute Gasteiger partial charge is 0.493 e. The van der Waals surface area contributed by atoms with Crippen molar-refractivity contribution in [2.75, 3.05) is 19.8 Å². The van der Waals surface area contributed by atoms with Crippen LogP contribution in [0.2, 0.25) is 0 Å². The second-order valence-corrected chi connectivity index (χ2v) is 3.14. The van der Waals surface area contributed by atoms with E-state index in [4.69, 9.17) is 9.47 Å². The SMILES string of the molecule is CCCCOC=C=CCOCCCC. The van der Waals surface area contributed by atoms with Crippen molar-refractivity contribution in [3.63, 3.8) is 0 Å². The smallest absolute Gasteiger partial charge is 0.125 e. The maximum atomic E-state index is 5.31. The van der Waals surface area contributed by atoms with E-state index in [0.717, 1.165) is 32.5 Å². The summed E-state index contributed by atoms with van der Waals surface area (Å²) in [6, 6.07) is 0. The Bertz CT molecular complexity index is 158. The summed E-state index contributed by atoms with van der Waals surface area (Å²) in [7, 11) is 0. The molecule has 0 aliphatic rings. The van der Waals surface area contributed by atoms with Gasteiger partial charge in [0.05, 0.1) is 13.2 Å². The first-order valence-corrected chi connectivity index (χ1v) is 5.50. The van der Waals surface area contributed by atoms with Crippen molar-refractivity contribution in [3.05, 3.63) is 18.1 Å². The molecule has 0 bridgehead atoms. The summed E-state index contributed by atoms with van der Waals surface area (Å²) in [6.45, 7) is 6.55. The van der Waals surface area contributed by atoms with Gasteiger partial charge >= 0.3 is 0 Å². The van der Waals surface area contributed by atoms with E-state index < -0.39 is 0 Å². The maximum absolute atomic E-state index is 5.31. The molecule has 0 saturated heterocycles. The Morgan fingerprint density at radius 2 is 1.79 bits per heavy atom. The zero-order valence-corrected chi connectivity index (χ0v) is 9.42. The van der Waals surface area contributed by atoms with Gasteiger partial charge in [-0.15, -0.1) is 0 Å². The lowest BCUT2D eigenvalue weighted by molar-refractivity contribution is 0.159. The third kappa shape index (κ3) is 11.3. The highest BCUT2D eigenvalue weighted by Crippen LogP contribution is 1.88. The van der Waals surface area contributed by atoms with E-state index >= 15 is 0 Å². The second-order valence-electron chi connectivity index (χ2n) is 3.14. The van der Waals surface area contributed by atoms with E-state index in [0.29, 0.717) is 6.61 Å². The standard InChI is InChI=1S/C12H22O2/c1-3-5-9-13-11-7-8-12-14-10-6-4-2/h7,12H,3-6,9-11H2,1-2H3. The predicted molar refractivity (Wildman–Crippen MR) is 59.2 cm³/mol. The highest BCUT2D eigenvalue weighted by Gasteiger charge is 1.81. The predicted octanol–water partition coefficient (Wildman–Crippen LogP) is 3.29. The Morgan fingerprint density at radius 3 is 2.50 bits per heavy atom. The van der Waals surface area contributed by atoms with Crippen molar-refractivity contribution >= 4 is 0 Å². The summed E-state index contributed by atoms with van der Waals surface area (Å²) in [5.74, 6) is 0. The van der Waals surface area contributed by atoms with Gasteiger partial charge in [-0.25, -0.2) is 0 Å². The lowest BCUT2D eigenvalue weighted by Gasteiger charge is -1.96. The van der Waals surface area contributed by atoms with Gasteiger partial charge in [0.25, 0.3) is 0 Å². The van der Waals surface area contributed by atoms with Crippen LogP contribution in [0.3, 0.4) is 0 Å². The fourth-order valence-corrected chi connectivity index (χ4v) is 0.820. The van der Waals surface area contributed by atoms with E-state index in [1.807, 2.05) is 6.08 Å². The summed E-state index contributed by atoms with van der Waals surface area (Å²) < 4.78 is 10.5. The Kier molecular flexibility index (Phi) is 11.6. The highest BCUT2D eigenvalue weighted by atomic mass is 16.5. The van der Waals surface area contributed by atoms with Gasteiger partial charge in [-0.05, 0) is 18.9 Å². The third-order valence-corrected chi connectivity index (χ3v) is 1.73. The van der Waals surface area contributed by atoms with E-state index in [-0.39, 0.29) is 0 Å². The van der Waals surface area contributed by atoms with Gasteiger partial charge in [0.15, 0.2) is 0 Å². The maximum Gasteiger partial charge on any atom is 0.125 e. The zero-order valence-electron chi connectivity index (χ0n) is 9.42. The molecule has 0 radical (unpaired) electrons. The Balaban J connectivity index is 3.16. The van der Waals surface area contributed by atoms with Crippen molar-refractivity contribution in [1.82, 2.24) is 0 Å². The molecule has 0 rings (SSSR count). The van der Waals surface area contributed by atoms with E-state index in [1.165, 1.54) is 6.42 Å². The lowest BCUT2D eigenvalue weighted by Crippen LogP contribution is -1.92. The second kappa shape index (κ2) is 12.3. The molecule has 0 amide bonds. The molecule has 0 aliphatic heterocycles. The van der Waals surface area contributed by atoms with E-state index in [9.17, 15) is 0 Å². The molecule has 0 heterocycles. The van der Waals surface area contributed by atoms with Crippen molar-refractivity contribution < 1.29 is 9.47 Å². The van der Waals surface area contributed by atoms with Gasteiger partial charge in [0, 0.05) is 6.61 Å². The summed E-state index contributed by atoms with van der Waals surface area (Å²) >= 11 is 0. The summed E-state index contributed by atoms with van der Waals surface area (Å²) in [4.78, 5) is 0. The van der Waals surface area contributed by atoms with Crippen molar-refractivity contribution in [1.29, 1.82) is 0 Å². The highest BCUT2D eigenvalue weighted by molar-refractivity contribution is 4.79. The van der Waals surface area contributed by atoms with Gasteiger partial charge < -0.3 is 9.47 Å². The molecule has 0 atom stereocenters. The van der Waals surface area contributed by atoms with Crippen LogP contribution in [0.25, 0.3) is 0 Å². The Morgan fingerprint density at radius 1 is 1.07 bits per heavy atom. The zero-order chi connectivity index (χ0) is 10.5. The Labute approximate surface area is 87.6 Å². The molecule has 14 heavy (non-hydrogen) atoms. The van der Waals surface area contributed by atoms with Crippen LogP contribution < -0.4 is 0 Å². The average molecular weight is 198 g/mol. The molecule has 0 spiro atoms. The fraction of sp³-hybridized carbons (Fsp3) is 0.750. The van der Waals surface area contributed by atoms with E-state index in [1.54, 1.807) is 6.26 Å². The molecule has 0 fully saturated rings. The van der Waals surface area contributed by atoms with Gasteiger partial charge in [0.2, 0.25) is 0 Å². The lowest BCUT2D eigenvalue weighted by atomic mass is 10.4. The van der Waals surface area contributed by atoms with Crippen molar-refractivity contribution in [2.45, 2.75) is 39.5 Å². The molecular formula is C12H22O2. The first-order chi connectivity index (χ1) is 6.91. The minimum absolute atomic E-state index is 0.633. The monoisotopic (exact) mass is 198 g/mol. The molecule has 2 heteroatoms. The number of unbranched alkanes of at least 4 members (excludes halogenated alkanes) is 2. The van der Waals surface area contributed by atoms with Gasteiger partial charge in [-0.2, -0.15) is 0 Å². The topological polar surface area (TPSA) is 18.5 Å². The normalized spacial score (nSPS) is 9.29. The molecule has 0 aliphatic carbocycles. The molecular weight excluding hydrogens is 176 g/mol. The molecule has 0 aromatic rings. The van der Waals surface area contributed by atoms with Crippen LogP contribution >= 0.6 is 0 Å². The number of hydrogen-bond acceptors (Lipinski definition) is 2. The molecule has 0 aromatic carbocycles. The van der Waals surface area contributed by atoms with Crippen LogP contribution in [-0.2, 0) is 9.47 Å². The quantitative estimate of drug-likeness (QED) is 0.321. The van der Waals surface area contributed by atoms with Crippen LogP contribution in [0.5, 0.6) is 0 Å². The summed E-state index contributed by atoms with van der Waals surface area (Å²) in [5.41, 5.74) is 2.92. The van der Waals surface area contributed by atoms with Crippen LogP contribution in [0, 0.1) is 0 Å². The minimum atomic E-state index is 0.633. The van der Waals surface area contributed by atoms with Crippen LogP contribution in [-0.4, -0.2) is 19.8 Å². The van der Waals surface area contributed by atoms with Crippen LogP contribution in [0.4, 0.5) is 0 Å². The van der Waals surface area contributed by atoms with Crippen LogP contribution in [0.1, 0.15) is 39.5 Å². The van der Waals surface area contributed by atoms with Crippen LogP contribution in [0.15, 0.2) is 18.1 Å². The molecule has 82 valence electrons.